The number of rotatable bonds is 2. The average Bonchev–Trinajstić information content (AvgIpc) is 2.58. The van der Waals surface area contributed by atoms with Gasteiger partial charge in [0.1, 0.15) is 0 Å². The van der Waals surface area contributed by atoms with E-state index in [1.54, 1.807) is 0 Å². The maximum atomic E-state index is 5.35. The smallest absolute Gasteiger partial charge is 0.0178 e. The van der Waals surface area contributed by atoms with Gasteiger partial charge in [-0.15, -0.1) is 0 Å². The zero-order valence-electron chi connectivity index (χ0n) is 12.8. The molecular weight excluding hydrogens is 244 g/mol. The molecule has 112 valence electrons. The molecule has 0 spiro atoms. The van der Waals surface area contributed by atoms with Crippen LogP contribution in [0.5, 0.6) is 0 Å². The van der Waals surface area contributed by atoms with Crippen molar-refractivity contribution >= 4 is 0 Å². The van der Waals surface area contributed by atoms with Gasteiger partial charge in [-0.2, -0.15) is 0 Å². The van der Waals surface area contributed by atoms with Gasteiger partial charge >= 0.3 is 0 Å². The fourth-order valence-corrected chi connectivity index (χ4v) is 3.34. The first-order chi connectivity index (χ1) is 9.90. The minimum atomic E-state index is 0.640. The normalized spacial score (nSPS) is 21.1. The Kier molecular flexibility index (Phi) is 7.10. The highest BCUT2D eigenvalue weighted by Gasteiger charge is 2.21. The Morgan fingerprint density at radius 3 is 2.00 bits per heavy atom. The molecule has 1 saturated heterocycles. The molecule has 1 heterocycles. The lowest BCUT2D eigenvalue weighted by atomic mass is 9.93. The van der Waals surface area contributed by atoms with Gasteiger partial charge in [0.15, 0.2) is 0 Å². The second-order valence-corrected chi connectivity index (χ2v) is 6.08. The number of piperidine rings is 1. The maximum Gasteiger partial charge on any atom is 0.0178 e. The van der Waals surface area contributed by atoms with Crippen LogP contribution in [-0.4, -0.2) is 24.0 Å². The Hall–Kier alpha value is -0.860. The summed E-state index contributed by atoms with van der Waals surface area (Å²) in [7, 11) is 0. The van der Waals surface area contributed by atoms with Gasteiger partial charge in [0, 0.05) is 12.6 Å². The molecule has 20 heavy (non-hydrogen) atoms. The van der Waals surface area contributed by atoms with E-state index in [4.69, 9.17) is 5.73 Å². The monoisotopic (exact) mass is 274 g/mol. The van der Waals surface area contributed by atoms with Gasteiger partial charge in [0.25, 0.3) is 0 Å². The van der Waals surface area contributed by atoms with Crippen molar-refractivity contribution in [1.29, 1.82) is 0 Å². The van der Waals surface area contributed by atoms with Crippen LogP contribution in [0.25, 0.3) is 0 Å². The highest BCUT2D eigenvalue weighted by molar-refractivity contribution is 5.13. The van der Waals surface area contributed by atoms with Crippen LogP contribution in [0.2, 0.25) is 0 Å². The van der Waals surface area contributed by atoms with Crippen LogP contribution in [-0.2, 0) is 6.54 Å². The van der Waals surface area contributed by atoms with E-state index in [9.17, 15) is 0 Å². The molecule has 3 rings (SSSR count). The zero-order chi connectivity index (χ0) is 14.0. The zero-order valence-corrected chi connectivity index (χ0v) is 12.8. The summed E-state index contributed by atoms with van der Waals surface area (Å²) in [5.74, 6) is 0. The molecule has 0 aromatic heterocycles. The molecule has 2 heteroatoms. The van der Waals surface area contributed by atoms with Crippen LogP contribution in [0.4, 0.5) is 0 Å². The summed E-state index contributed by atoms with van der Waals surface area (Å²) in [5, 5.41) is 0. The minimum absolute atomic E-state index is 0.640. The molecule has 0 atom stereocenters. The van der Waals surface area contributed by atoms with Crippen LogP contribution < -0.4 is 5.73 Å². The van der Waals surface area contributed by atoms with Crippen molar-refractivity contribution in [3.05, 3.63) is 35.9 Å². The topological polar surface area (TPSA) is 29.3 Å². The van der Waals surface area contributed by atoms with E-state index >= 15 is 0 Å². The highest BCUT2D eigenvalue weighted by Crippen LogP contribution is 2.24. The van der Waals surface area contributed by atoms with Crippen LogP contribution >= 0.6 is 0 Å². The van der Waals surface area contributed by atoms with E-state index in [1.165, 1.54) is 70.0 Å². The van der Waals surface area contributed by atoms with E-state index < -0.39 is 0 Å². The third kappa shape index (κ3) is 5.26. The summed E-state index contributed by atoms with van der Waals surface area (Å²) >= 11 is 0. The molecule has 1 aliphatic heterocycles. The van der Waals surface area contributed by atoms with Crippen LogP contribution in [0.1, 0.15) is 56.9 Å². The van der Waals surface area contributed by atoms with Gasteiger partial charge in [-0.05, 0) is 44.3 Å². The highest BCUT2D eigenvalue weighted by atomic mass is 15.2. The molecule has 1 saturated carbocycles. The van der Waals surface area contributed by atoms with Crippen molar-refractivity contribution in [3.8, 4) is 0 Å². The second kappa shape index (κ2) is 9.15. The van der Waals surface area contributed by atoms with E-state index in [0.717, 1.165) is 6.04 Å². The third-order valence-corrected chi connectivity index (χ3v) is 4.56. The van der Waals surface area contributed by atoms with Gasteiger partial charge in [-0.3, -0.25) is 0 Å². The summed E-state index contributed by atoms with van der Waals surface area (Å²) in [4.78, 5) is 2.75. The predicted octanol–water partition coefficient (Wildman–Crippen LogP) is 3.95. The summed E-state index contributed by atoms with van der Waals surface area (Å²) in [6.07, 6.45) is 11.8. The fraction of sp³-hybridized carbons (Fsp3) is 0.667. The summed E-state index contributed by atoms with van der Waals surface area (Å²) < 4.78 is 0. The first kappa shape index (κ1) is 15.5. The maximum absolute atomic E-state index is 5.35. The lowest BCUT2D eigenvalue weighted by Crippen LogP contribution is -2.40. The largest absolute Gasteiger partial charge is 0.326 e. The lowest BCUT2D eigenvalue weighted by Gasteiger charge is -2.36. The molecule has 0 radical (unpaired) electrons. The van der Waals surface area contributed by atoms with Crippen molar-refractivity contribution < 1.29 is 0 Å². The summed E-state index contributed by atoms with van der Waals surface area (Å²) in [6.45, 7) is 3.43. The summed E-state index contributed by atoms with van der Waals surface area (Å²) in [5.41, 5.74) is 6.54. The SMILES string of the molecule is C1CCC(N2CCCCC2)CC1.NCc1ccccc1. The van der Waals surface area contributed by atoms with E-state index in [0.29, 0.717) is 6.54 Å². The molecule has 1 aromatic carbocycles. The number of likely N-dealkylation sites (tertiary alicyclic amines) is 1. The van der Waals surface area contributed by atoms with E-state index in [2.05, 4.69) is 4.90 Å². The minimum Gasteiger partial charge on any atom is -0.326 e. The Balaban J connectivity index is 0.000000160. The molecule has 0 bridgehead atoms. The molecule has 2 nitrogen and oxygen atoms in total. The first-order valence-corrected chi connectivity index (χ1v) is 8.38. The molecule has 1 aliphatic carbocycles. The Bertz CT molecular complexity index is 322. The van der Waals surface area contributed by atoms with Crippen LogP contribution in [0.15, 0.2) is 30.3 Å². The predicted molar refractivity (Wildman–Crippen MR) is 86.6 cm³/mol. The molecule has 1 aromatic rings. The number of benzene rings is 1. The van der Waals surface area contributed by atoms with Crippen molar-refractivity contribution in [3.63, 3.8) is 0 Å². The fourth-order valence-electron chi connectivity index (χ4n) is 3.34. The second-order valence-electron chi connectivity index (χ2n) is 6.08. The van der Waals surface area contributed by atoms with Gasteiger partial charge in [-0.25, -0.2) is 0 Å². The molecule has 2 fully saturated rings. The van der Waals surface area contributed by atoms with Gasteiger partial charge in [-0.1, -0.05) is 56.0 Å². The van der Waals surface area contributed by atoms with Gasteiger partial charge < -0.3 is 10.6 Å². The number of nitrogens with two attached hydrogens (primary N) is 1. The van der Waals surface area contributed by atoms with Gasteiger partial charge in [0.05, 0.1) is 0 Å². The quantitative estimate of drug-likeness (QED) is 0.884. The average molecular weight is 274 g/mol. The third-order valence-electron chi connectivity index (χ3n) is 4.56. The lowest BCUT2D eigenvalue weighted by molar-refractivity contribution is 0.131. The number of nitrogens with zero attached hydrogens (tertiary/aromatic N) is 1. The van der Waals surface area contributed by atoms with Crippen LogP contribution in [0, 0.1) is 0 Å². The first-order valence-electron chi connectivity index (χ1n) is 8.38. The number of hydrogen-bond acceptors (Lipinski definition) is 2. The van der Waals surface area contributed by atoms with Crippen molar-refractivity contribution in [2.45, 2.75) is 64.0 Å². The van der Waals surface area contributed by atoms with Crippen molar-refractivity contribution in [1.82, 2.24) is 4.90 Å². The standard InChI is InChI=1S/C11H21N.C7H9N/c1-3-7-11(8-4-1)12-9-5-2-6-10-12;8-6-7-4-2-1-3-5-7/h11H,1-10H2;1-5H,6,8H2. The molecule has 2 N–H and O–H groups in total. The van der Waals surface area contributed by atoms with E-state index in [-0.39, 0.29) is 0 Å². The Morgan fingerprint density at radius 2 is 1.45 bits per heavy atom. The molecule has 0 amide bonds. The Labute approximate surface area is 124 Å². The molecular formula is C18H30N2. The Morgan fingerprint density at radius 1 is 0.850 bits per heavy atom. The van der Waals surface area contributed by atoms with Crippen molar-refractivity contribution in [2.24, 2.45) is 5.73 Å². The number of hydrogen-bond donors (Lipinski definition) is 1. The van der Waals surface area contributed by atoms with E-state index in [1.807, 2.05) is 30.3 Å². The molecule has 2 aliphatic rings. The summed E-state index contributed by atoms with van der Waals surface area (Å²) in [6, 6.07) is 11.0. The van der Waals surface area contributed by atoms with Gasteiger partial charge in [0.2, 0.25) is 0 Å². The molecule has 0 unspecified atom stereocenters. The van der Waals surface area contributed by atoms with Crippen molar-refractivity contribution in [2.75, 3.05) is 13.1 Å². The van der Waals surface area contributed by atoms with Crippen LogP contribution in [0.3, 0.4) is 0 Å².